The van der Waals surface area contributed by atoms with Crippen molar-refractivity contribution in [3.8, 4) is 0 Å². The average Bonchev–Trinajstić information content (AvgIpc) is 3.16. The van der Waals surface area contributed by atoms with Gasteiger partial charge in [-0.2, -0.15) is 0 Å². The van der Waals surface area contributed by atoms with Crippen LogP contribution in [0.2, 0.25) is 0 Å². The summed E-state index contributed by atoms with van der Waals surface area (Å²) in [5.74, 6) is -0.530. The number of thiazole rings is 1. The molecule has 7 heteroatoms. The zero-order valence-corrected chi connectivity index (χ0v) is 18.6. The molecule has 0 saturated carbocycles. The Labute approximate surface area is 186 Å². The molecular formula is C24H26N4O2S. The fourth-order valence-electron chi connectivity index (χ4n) is 3.59. The fraction of sp³-hybridized carbons (Fsp3) is 0.292. The molecule has 2 aromatic carbocycles. The first-order chi connectivity index (χ1) is 15.0. The van der Waals surface area contributed by atoms with E-state index in [9.17, 15) is 9.59 Å². The summed E-state index contributed by atoms with van der Waals surface area (Å²) in [5, 5.41) is 6.10. The Hall–Kier alpha value is -3.03. The minimum Gasteiger partial charge on any atom is -0.343 e. The van der Waals surface area contributed by atoms with Crippen molar-refractivity contribution in [1.82, 2.24) is 15.2 Å². The molecule has 4 rings (SSSR count). The molecule has 0 bridgehead atoms. The van der Waals surface area contributed by atoms with Crippen LogP contribution >= 0.6 is 11.3 Å². The van der Waals surface area contributed by atoms with Crippen molar-refractivity contribution >= 4 is 28.3 Å². The van der Waals surface area contributed by atoms with E-state index in [4.69, 9.17) is 0 Å². The summed E-state index contributed by atoms with van der Waals surface area (Å²) in [6, 6.07) is 15.9. The van der Waals surface area contributed by atoms with E-state index in [1.807, 2.05) is 32.0 Å². The normalized spacial score (nSPS) is 13.5. The Morgan fingerprint density at radius 2 is 1.90 bits per heavy atom. The molecule has 2 heterocycles. The lowest BCUT2D eigenvalue weighted by Gasteiger charge is -2.25. The summed E-state index contributed by atoms with van der Waals surface area (Å²) in [5.41, 5.74) is 5.09. The van der Waals surface area contributed by atoms with E-state index < -0.39 is 0 Å². The van der Waals surface area contributed by atoms with Crippen LogP contribution in [0.1, 0.15) is 37.6 Å². The number of aryl methyl sites for hydroxylation is 2. The summed E-state index contributed by atoms with van der Waals surface area (Å²) in [7, 11) is 0. The molecule has 0 radical (unpaired) electrons. The van der Waals surface area contributed by atoms with Gasteiger partial charge < -0.3 is 10.6 Å². The Morgan fingerprint density at radius 3 is 2.68 bits per heavy atom. The van der Waals surface area contributed by atoms with E-state index >= 15 is 0 Å². The maximum Gasteiger partial charge on any atom is 0.251 e. The highest BCUT2D eigenvalue weighted by molar-refractivity contribution is 7.15. The van der Waals surface area contributed by atoms with Gasteiger partial charge in [-0.25, -0.2) is 4.98 Å². The second kappa shape index (κ2) is 9.41. The van der Waals surface area contributed by atoms with E-state index in [0.29, 0.717) is 10.7 Å². The lowest BCUT2D eigenvalue weighted by molar-refractivity contribution is -0.115. The molecular weight excluding hydrogens is 408 g/mol. The zero-order valence-electron chi connectivity index (χ0n) is 17.8. The van der Waals surface area contributed by atoms with Gasteiger partial charge in [0.1, 0.15) is 0 Å². The van der Waals surface area contributed by atoms with Crippen LogP contribution in [0.5, 0.6) is 0 Å². The number of nitrogens with zero attached hydrogens (tertiary/aromatic N) is 2. The SMILES string of the molecule is Cc1ccc(C(=O)NCC(=O)Nc2nc3c(s2)CN(Cc2ccccc2)CC3)cc1C. The number of nitrogens with one attached hydrogen (secondary N) is 2. The number of carbonyl (C=O) groups is 2. The van der Waals surface area contributed by atoms with Gasteiger partial charge in [0.15, 0.2) is 5.13 Å². The van der Waals surface area contributed by atoms with Crippen LogP contribution in [0.15, 0.2) is 48.5 Å². The van der Waals surface area contributed by atoms with Gasteiger partial charge in [-0.3, -0.25) is 14.5 Å². The second-order valence-electron chi connectivity index (χ2n) is 7.87. The third-order valence-corrected chi connectivity index (χ3v) is 6.48. The van der Waals surface area contributed by atoms with Crippen molar-refractivity contribution in [3.63, 3.8) is 0 Å². The second-order valence-corrected chi connectivity index (χ2v) is 8.95. The number of anilines is 1. The molecule has 2 N–H and O–H groups in total. The van der Waals surface area contributed by atoms with Gasteiger partial charge in [-0.1, -0.05) is 36.4 Å². The Balaban J connectivity index is 1.30. The summed E-state index contributed by atoms with van der Waals surface area (Å²) in [6.07, 6.45) is 0.873. The van der Waals surface area contributed by atoms with Gasteiger partial charge >= 0.3 is 0 Å². The quantitative estimate of drug-likeness (QED) is 0.621. The Morgan fingerprint density at radius 1 is 1.10 bits per heavy atom. The van der Waals surface area contributed by atoms with Crippen LogP contribution in [0.25, 0.3) is 0 Å². The molecule has 1 aromatic heterocycles. The van der Waals surface area contributed by atoms with Gasteiger partial charge in [0.2, 0.25) is 5.91 Å². The Bertz CT molecular complexity index is 1090. The van der Waals surface area contributed by atoms with Crippen molar-refractivity contribution < 1.29 is 9.59 Å². The molecule has 0 unspecified atom stereocenters. The highest BCUT2D eigenvalue weighted by atomic mass is 32.1. The number of rotatable bonds is 6. The van der Waals surface area contributed by atoms with E-state index in [0.717, 1.165) is 42.9 Å². The van der Waals surface area contributed by atoms with Gasteiger partial charge in [-0.15, -0.1) is 11.3 Å². The molecule has 1 aliphatic heterocycles. The smallest absolute Gasteiger partial charge is 0.251 e. The standard InChI is InChI=1S/C24H26N4O2S/c1-16-8-9-19(12-17(16)2)23(30)25-13-22(29)27-24-26-20-10-11-28(15-21(20)31-24)14-18-6-4-3-5-7-18/h3-9,12H,10-11,13-15H2,1-2H3,(H,25,30)(H,26,27,29). The predicted octanol–water partition coefficient (Wildman–Crippen LogP) is 3.69. The number of hydrogen-bond acceptors (Lipinski definition) is 5. The van der Waals surface area contributed by atoms with Crippen LogP contribution in [-0.4, -0.2) is 34.8 Å². The average molecular weight is 435 g/mol. The number of hydrogen-bond donors (Lipinski definition) is 2. The maximum atomic E-state index is 12.3. The van der Waals surface area contributed by atoms with Crippen molar-refractivity contribution in [2.75, 3.05) is 18.4 Å². The first-order valence-electron chi connectivity index (χ1n) is 10.4. The third-order valence-electron chi connectivity index (χ3n) is 5.48. The molecule has 0 saturated heterocycles. The molecule has 2 amide bonds. The van der Waals surface area contributed by atoms with Crippen LogP contribution in [0.4, 0.5) is 5.13 Å². The predicted molar refractivity (Wildman–Crippen MR) is 123 cm³/mol. The number of fused-ring (bicyclic) bond motifs is 1. The first-order valence-corrected chi connectivity index (χ1v) is 11.2. The van der Waals surface area contributed by atoms with Gasteiger partial charge in [0.05, 0.1) is 12.2 Å². The van der Waals surface area contributed by atoms with E-state index in [-0.39, 0.29) is 18.4 Å². The highest BCUT2D eigenvalue weighted by Crippen LogP contribution is 2.29. The lowest BCUT2D eigenvalue weighted by atomic mass is 10.1. The fourth-order valence-corrected chi connectivity index (χ4v) is 4.65. The maximum absolute atomic E-state index is 12.3. The van der Waals surface area contributed by atoms with E-state index in [1.54, 1.807) is 6.07 Å². The minimum absolute atomic E-state index is 0.0872. The van der Waals surface area contributed by atoms with Crippen LogP contribution in [0, 0.1) is 13.8 Å². The van der Waals surface area contributed by atoms with E-state index in [2.05, 4.69) is 44.8 Å². The number of carbonyl (C=O) groups excluding carboxylic acids is 2. The molecule has 0 spiro atoms. The molecule has 0 atom stereocenters. The van der Waals surface area contributed by atoms with Crippen LogP contribution in [0.3, 0.4) is 0 Å². The topological polar surface area (TPSA) is 74.3 Å². The van der Waals surface area contributed by atoms with Crippen molar-refractivity contribution in [2.45, 2.75) is 33.4 Å². The molecule has 3 aromatic rings. The molecule has 160 valence electrons. The monoisotopic (exact) mass is 434 g/mol. The van der Waals surface area contributed by atoms with E-state index in [1.165, 1.54) is 21.8 Å². The highest BCUT2D eigenvalue weighted by Gasteiger charge is 2.21. The number of amides is 2. The number of aromatic nitrogens is 1. The summed E-state index contributed by atoms with van der Waals surface area (Å²) >= 11 is 1.51. The van der Waals surface area contributed by atoms with Gasteiger partial charge in [-0.05, 0) is 42.7 Å². The minimum atomic E-state index is -0.274. The number of benzene rings is 2. The van der Waals surface area contributed by atoms with Crippen molar-refractivity contribution in [1.29, 1.82) is 0 Å². The lowest BCUT2D eigenvalue weighted by Crippen LogP contribution is -2.32. The first kappa shape index (κ1) is 21.2. The van der Waals surface area contributed by atoms with Crippen LogP contribution < -0.4 is 10.6 Å². The van der Waals surface area contributed by atoms with Crippen molar-refractivity contribution in [3.05, 3.63) is 81.4 Å². The van der Waals surface area contributed by atoms with Gasteiger partial charge in [0.25, 0.3) is 5.91 Å². The molecule has 0 aliphatic carbocycles. The summed E-state index contributed by atoms with van der Waals surface area (Å²) in [6.45, 7) is 6.57. The molecule has 1 aliphatic rings. The Kier molecular flexibility index (Phi) is 6.44. The molecule has 0 fully saturated rings. The summed E-state index contributed by atoms with van der Waals surface area (Å²) in [4.78, 5) is 32.8. The summed E-state index contributed by atoms with van der Waals surface area (Å²) < 4.78 is 0. The molecule has 6 nitrogen and oxygen atoms in total. The van der Waals surface area contributed by atoms with Crippen LogP contribution in [-0.2, 0) is 24.3 Å². The largest absolute Gasteiger partial charge is 0.343 e. The zero-order chi connectivity index (χ0) is 21.8. The third kappa shape index (κ3) is 5.37. The molecule has 31 heavy (non-hydrogen) atoms. The van der Waals surface area contributed by atoms with Gasteiger partial charge in [0, 0.05) is 36.5 Å². The van der Waals surface area contributed by atoms with Crippen molar-refractivity contribution in [2.24, 2.45) is 0 Å².